The molecule has 1 aromatic carbocycles. The third-order valence-electron chi connectivity index (χ3n) is 4.58. The van der Waals surface area contributed by atoms with Gasteiger partial charge in [0.25, 0.3) is 5.56 Å². The maximum atomic E-state index is 12.8. The second-order valence-electron chi connectivity index (χ2n) is 6.03. The van der Waals surface area contributed by atoms with E-state index in [4.69, 9.17) is 0 Å². The van der Waals surface area contributed by atoms with Crippen molar-refractivity contribution in [2.45, 2.75) is 25.9 Å². The zero-order chi connectivity index (χ0) is 16.7. The molecule has 0 bridgehead atoms. The van der Waals surface area contributed by atoms with Crippen LogP contribution in [0, 0.1) is 0 Å². The van der Waals surface area contributed by atoms with E-state index in [9.17, 15) is 9.59 Å². The molecule has 24 heavy (non-hydrogen) atoms. The normalized spacial score (nSPS) is 15.3. The van der Waals surface area contributed by atoms with E-state index in [0.717, 1.165) is 17.7 Å². The highest BCUT2D eigenvalue weighted by Gasteiger charge is 2.27. The number of carbonyl (C=O) groups is 1. The highest BCUT2D eigenvalue weighted by molar-refractivity contribution is 5.81. The Morgan fingerprint density at radius 1 is 1.33 bits per heavy atom. The van der Waals surface area contributed by atoms with E-state index in [-0.39, 0.29) is 11.5 Å². The summed E-state index contributed by atoms with van der Waals surface area (Å²) in [6.07, 6.45) is 3.96. The predicted molar refractivity (Wildman–Crippen MR) is 88.4 cm³/mol. The number of hydrogen-bond donors (Lipinski definition) is 1. The van der Waals surface area contributed by atoms with Crippen LogP contribution in [-0.2, 0) is 17.8 Å². The molecule has 3 aromatic rings. The van der Waals surface area contributed by atoms with Gasteiger partial charge in [-0.1, -0.05) is 12.1 Å². The Morgan fingerprint density at radius 3 is 3.04 bits per heavy atom. The fourth-order valence-corrected chi connectivity index (χ4v) is 3.15. The molecule has 1 aliphatic rings. The molecule has 0 fully saturated rings. The van der Waals surface area contributed by atoms with Crippen molar-refractivity contribution in [2.24, 2.45) is 0 Å². The third kappa shape index (κ3) is 2.29. The number of H-pyrrole nitrogens is 1. The largest absolute Gasteiger partial charge is 0.336 e. The first-order valence-electron chi connectivity index (χ1n) is 7.91. The average Bonchev–Trinajstić information content (AvgIpc) is 3.09. The van der Waals surface area contributed by atoms with Crippen molar-refractivity contribution in [1.29, 1.82) is 0 Å². The van der Waals surface area contributed by atoms with Crippen molar-refractivity contribution in [1.82, 2.24) is 24.6 Å². The van der Waals surface area contributed by atoms with Gasteiger partial charge >= 0.3 is 0 Å². The van der Waals surface area contributed by atoms with Crippen LogP contribution >= 0.6 is 0 Å². The van der Waals surface area contributed by atoms with Gasteiger partial charge in [-0.3, -0.25) is 19.3 Å². The number of para-hydroxylation sites is 1. The van der Waals surface area contributed by atoms with Gasteiger partial charge in [0.05, 0.1) is 23.4 Å². The molecule has 2 aromatic heterocycles. The summed E-state index contributed by atoms with van der Waals surface area (Å²) >= 11 is 0. The molecule has 7 nitrogen and oxygen atoms in total. The van der Waals surface area contributed by atoms with Gasteiger partial charge in [-0.25, -0.2) is 4.98 Å². The van der Waals surface area contributed by atoms with Gasteiger partial charge in [0.15, 0.2) is 0 Å². The maximum absolute atomic E-state index is 12.8. The molecule has 1 amide bonds. The van der Waals surface area contributed by atoms with Gasteiger partial charge in [0, 0.05) is 30.8 Å². The van der Waals surface area contributed by atoms with Crippen molar-refractivity contribution in [2.75, 3.05) is 6.54 Å². The fraction of sp³-hybridized carbons (Fsp3) is 0.294. The molecule has 1 aliphatic heterocycles. The van der Waals surface area contributed by atoms with Crippen LogP contribution in [-0.4, -0.2) is 37.1 Å². The minimum absolute atomic E-state index is 0.0824. The number of nitrogens with zero attached hydrogens (tertiary/aromatic N) is 4. The molecule has 122 valence electrons. The van der Waals surface area contributed by atoms with E-state index in [1.165, 1.54) is 10.9 Å². The second kappa shape index (κ2) is 5.59. The van der Waals surface area contributed by atoms with E-state index in [1.54, 1.807) is 36.2 Å². The lowest BCUT2D eigenvalue weighted by atomic mass is 10.1. The predicted octanol–water partition coefficient (Wildman–Crippen LogP) is 1.27. The van der Waals surface area contributed by atoms with Crippen LogP contribution in [0.1, 0.15) is 24.2 Å². The summed E-state index contributed by atoms with van der Waals surface area (Å²) in [5.41, 5.74) is 2.56. The molecular weight excluding hydrogens is 306 g/mol. The van der Waals surface area contributed by atoms with Gasteiger partial charge in [0.1, 0.15) is 6.04 Å². The number of carbonyl (C=O) groups excluding carboxylic acids is 1. The monoisotopic (exact) mass is 323 g/mol. The number of rotatable bonds is 2. The first-order chi connectivity index (χ1) is 11.6. The molecule has 1 N–H and O–H groups in total. The van der Waals surface area contributed by atoms with Crippen LogP contribution in [0.15, 0.2) is 41.6 Å². The number of nitrogens with one attached hydrogen (secondary N) is 1. The van der Waals surface area contributed by atoms with Gasteiger partial charge in [0.2, 0.25) is 5.91 Å². The lowest BCUT2D eigenvalue weighted by Crippen LogP contribution is -2.41. The first-order valence-corrected chi connectivity index (χ1v) is 7.91. The van der Waals surface area contributed by atoms with Crippen LogP contribution in [0.2, 0.25) is 0 Å². The smallest absolute Gasteiger partial charge is 0.261 e. The van der Waals surface area contributed by atoms with Crippen molar-refractivity contribution in [3.05, 3.63) is 58.4 Å². The number of hydrogen-bond acceptors (Lipinski definition) is 4. The summed E-state index contributed by atoms with van der Waals surface area (Å²) in [6.45, 7) is 2.88. The van der Waals surface area contributed by atoms with Crippen LogP contribution in [0.3, 0.4) is 0 Å². The van der Waals surface area contributed by atoms with E-state index < -0.39 is 6.04 Å². The maximum Gasteiger partial charge on any atom is 0.261 e. The van der Waals surface area contributed by atoms with Gasteiger partial charge in [-0.05, 0) is 19.1 Å². The van der Waals surface area contributed by atoms with Crippen molar-refractivity contribution in [3.63, 3.8) is 0 Å². The van der Waals surface area contributed by atoms with E-state index in [2.05, 4.69) is 15.2 Å². The zero-order valence-corrected chi connectivity index (χ0v) is 13.3. The standard InChI is InChI=1S/C17H17N5O2/c1-11(16(23)21-7-6-14-12(9-21)8-19-20-14)22-10-18-15-5-3-2-4-13(15)17(22)24/h2-5,8,10-11H,6-7,9H2,1H3,(H,19,20)/t11-/m1/s1. The fourth-order valence-electron chi connectivity index (χ4n) is 3.15. The molecule has 0 unspecified atom stereocenters. The van der Waals surface area contributed by atoms with E-state index >= 15 is 0 Å². The Hall–Kier alpha value is -2.96. The van der Waals surface area contributed by atoms with Crippen molar-refractivity contribution < 1.29 is 4.79 Å². The highest BCUT2D eigenvalue weighted by atomic mass is 16.2. The van der Waals surface area contributed by atoms with Crippen molar-refractivity contribution in [3.8, 4) is 0 Å². The number of amides is 1. The third-order valence-corrected chi connectivity index (χ3v) is 4.58. The Labute approximate surface area is 137 Å². The molecule has 4 rings (SSSR count). The Kier molecular flexibility index (Phi) is 3.41. The van der Waals surface area contributed by atoms with Gasteiger partial charge in [-0.2, -0.15) is 5.10 Å². The molecule has 0 aliphatic carbocycles. The van der Waals surface area contributed by atoms with Crippen LogP contribution < -0.4 is 5.56 Å². The second-order valence-corrected chi connectivity index (χ2v) is 6.03. The summed E-state index contributed by atoms with van der Waals surface area (Å²) in [5.74, 6) is -0.0824. The summed E-state index contributed by atoms with van der Waals surface area (Å²) in [6, 6.07) is 6.57. The van der Waals surface area contributed by atoms with E-state index in [1.807, 2.05) is 6.07 Å². The first kappa shape index (κ1) is 14.6. The highest BCUT2D eigenvalue weighted by Crippen LogP contribution is 2.19. The number of aromatic nitrogens is 4. The molecule has 0 saturated carbocycles. The number of fused-ring (bicyclic) bond motifs is 2. The van der Waals surface area contributed by atoms with Crippen LogP contribution in [0.4, 0.5) is 0 Å². The average molecular weight is 323 g/mol. The molecule has 3 heterocycles. The molecule has 0 spiro atoms. The topological polar surface area (TPSA) is 83.9 Å². The Balaban J connectivity index is 1.64. The number of benzene rings is 1. The summed E-state index contributed by atoms with van der Waals surface area (Å²) in [4.78, 5) is 31.5. The Bertz CT molecular complexity index is 974. The zero-order valence-electron chi connectivity index (χ0n) is 13.3. The molecule has 0 saturated heterocycles. The molecular formula is C17H17N5O2. The molecule has 0 radical (unpaired) electrons. The van der Waals surface area contributed by atoms with Crippen LogP contribution in [0.25, 0.3) is 10.9 Å². The lowest BCUT2D eigenvalue weighted by Gasteiger charge is -2.29. The Morgan fingerprint density at radius 2 is 2.17 bits per heavy atom. The summed E-state index contributed by atoms with van der Waals surface area (Å²) in [7, 11) is 0. The van der Waals surface area contributed by atoms with Gasteiger partial charge in [-0.15, -0.1) is 0 Å². The molecule has 1 atom stereocenters. The van der Waals surface area contributed by atoms with Crippen molar-refractivity contribution >= 4 is 16.8 Å². The summed E-state index contributed by atoms with van der Waals surface area (Å²) in [5, 5.41) is 7.50. The summed E-state index contributed by atoms with van der Waals surface area (Å²) < 4.78 is 1.41. The minimum atomic E-state index is -0.594. The lowest BCUT2D eigenvalue weighted by molar-refractivity contribution is -0.135. The van der Waals surface area contributed by atoms with Crippen LogP contribution in [0.5, 0.6) is 0 Å². The number of aromatic amines is 1. The van der Waals surface area contributed by atoms with E-state index in [0.29, 0.717) is 24.0 Å². The molecule has 7 heteroatoms. The van der Waals surface area contributed by atoms with Gasteiger partial charge < -0.3 is 4.90 Å². The SMILES string of the molecule is C[C@H](C(=O)N1CCc2[nH]ncc2C1)n1cnc2ccccc2c1=O. The quantitative estimate of drug-likeness (QED) is 0.769. The minimum Gasteiger partial charge on any atom is -0.336 e.